The largest absolute Gasteiger partial charge is 0.387 e. The van der Waals surface area contributed by atoms with E-state index in [2.05, 4.69) is 4.90 Å². The van der Waals surface area contributed by atoms with Gasteiger partial charge in [0.2, 0.25) is 0 Å². The summed E-state index contributed by atoms with van der Waals surface area (Å²) in [6.45, 7) is 3.52. The smallest absolute Gasteiger partial charge is 0.254 e. The fourth-order valence-corrected chi connectivity index (χ4v) is 3.74. The molecule has 0 spiro atoms. The van der Waals surface area contributed by atoms with E-state index in [1.807, 2.05) is 77.7 Å². The fraction of sp³-hybridized carbons (Fsp3) is 0.261. The molecule has 0 saturated carbocycles. The van der Waals surface area contributed by atoms with Gasteiger partial charge in [-0.2, -0.15) is 0 Å². The number of aliphatic hydroxyl groups excluding tert-OH is 1. The number of fused-ring (bicyclic) bond motifs is 1. The minimum atomic E-state index is -0.494. The van der Waals surface area contributed by atoms with E-state index in [1.165, 1.54) is 0 Å². The molecule has 4 nitrogen and oxygen atoms in total. The van der Waals surface area contributed by atoms with Gasteiger partial charge in [0.05, 0.1) is 6.10 Å². The number of aliphatic hydroxyl groups is 1. The lowest BCUT2D eigenvalue weighted by atomic mass is 10.0. The van der Waals surface area contributed by atoms with Crippen molar-refractivity contribution in [3.8, 4) is 0 Å². The van der Waals surface area contributed by atoms with Gasteiger partial charge in [-0.15, -0.1) is 0 Å². The van der Waals surface area contributed by atoms with E-state index in [9.17, 15) is 9.90 Å². The third-order valence-electron chi connectivity index (χ3n) is 5.30. The molecule has 1 amide bonds. The Morgan fingerprint density at radius 2 is 1.52 bits per heavy atom. The Morgan fingerprint density at radius 3 is 2.30 bits per heavy atom. The first-order valence-electron chi connectivity index (χ1n) is 9.45. The van der Waals surface area contributed by atoms with Crippen molar-refractivity contribution in [2.24, 2.45) is 0 Å². The van der Waals surface area contributed by atoms with Crippen LogP contribution in [-0.2, 0) is 0 Å². The van der Waals surface area contributed by atoms with Crippen LogP contribution in [0.5, 0.6) is 0 Å². The van der Waals surface area contributed by atoms with Crippen LogP contribution in [0.25, 0.3) is 10.8 Å². The summed E-state index contributed by atoms with van der Waals surface area (Å²) >= 11 is 0. The number of carbonyl (C=O) groups excluding carboxylic acids is 1. The SMILES string of the molecule is O=C(c1cccc2ccccc12)N1CCN(CC(O)c2ccccc2)CC1. The fourth-order valence-electron chi connectivity index (χ4n) is 3.74. The molecule has 27 heavy (non-hydrogen) atoms. The molecule has 0 aliphatic carbocycles. The highest BCUT2D eigenvalue weighted by molar-refractivity contribution is 6.07. The summed E-state index contributed by atoms with van der Waals surface area (Å²) in [7, 11) is 0. The maximum absolute atomic E-state index is 13.0. The second-order valence-corrected chi connectivity index (χ2v) is 7.05. The molecule has 138 valence electrons. The molecule has 3 aromatic carbocycles. The zero-order valence-corrected chi connectivity index (χ0v) is 15.3. The van der Waals surface area contributed by atoms with Gasteiger partial charge < -0.3 is 10.0 Å². The van der Waals surface area contributed by atoms with E-state index in [1.54, 1.807) is 0 Å². The summed E-state index contributed by atoms with van der Waals surface area (Å²) in [5.41, 5.74) is 1.71. The lowest BCUT2D eigenvalue weighted by Crippen LogP contribution is -2.49. The maximum atomic E-state index is 13.0. The van der Waals surface area contributed by atoms with Crippen molar-refractivity contribution in [3.05, 3.63) is 83.9 Å². The lowest BCUT2D eigenvalue weighted by Gasteiger charge is -2.35. The number of benzene rings is 3. The van der Waals surface area contributed by atoms with Crippen LogP contribution in [0.2, 0.25) is 0 Å². The highest BCUT2D eigenvalue weighted by atomic mass is 16.3. The van der Waals surface area contributed by atoms with Gasteiger partial charge in [0, 0.05) is 38.3 Å². The molecule has 0 aromatic heterocycles. The quantitative estimate of drug-likeness (QED) is 0.776. The number of hydrogen-bond donors (Lipinski definition) is 1. The molecule has 1 saturated heterocycles. The molecule has 1 heterocycles. The number of β-amino-alcohol motifs (C(OH)–C–C–N with tert-alkyl or cyclic N) is 1. The molecule has 3 aromatic rings. The van der Waals surface area contributed by atoms with Crippen LogP contribution in [-0.4, -0.2) is 53.5 Å². The summed E-state index contributed by atoms with van der Waals surface area (Å²) in [6, 6.07) is 23.6. The minimum absolute atomic E-state index is 0.0926. The van der Waals surface area contributed by atoms with Crippen LogP contribution in [0.3, 0.4) is 0 Å². The van der Waals surface area contributed by atoms with E-state index >= 15 is 0 Å². The van der Waals surface area contributed by atoms with Crippen molar-refractivity contribution in [3.63, 3.8) is 0 Å². The van der Waals surface area contributed by atoms with Gasteiger partial charge in [0.25, 0.3) is 5.91 Å². The molecule has 0 radical (unpaired) electrons. The average Bonchev–Trinajstić information content (AvgIpc) is 2.74. The summed E-state index contributed by atoms with van der Waals surface area (Å²) in [6.07, 6.45) is -0.494. The van der Waals surface area contributed by atoms with Crippen molar-refractivity contribution in [1.82, 2.24) is 9.80 Å². The highest BCUT2D eigenvalue weighted by Gasteiger charge is 2.24. The van der Waals surface area contributed by atoms with Gasteiger partial charge in [0.1, 0.15) is 0 Å². The summed E-state index contributed by atoms with van der Waals surface area (Å²) in [4.78, 5) is 17.2. The number of rotatable bonds is 4. The Kier molecular flexibility index (Phi) is 5.19. The molecule has 1 aliphatic rings. The highest BCUT2D eigenvalue weighted by Crippen LogP contribution is 2.21. The van der Waals surface area contributed by atoms with E-state index in [4.69, 9.17) is 0 Å². The predicted molar refractivity (Wildman–Crippen MR) is 108 cm³/mol. The van der Waals surface area contributed by atoms with Gasteiger partial charge in [-0.05, 0) is 22.4 Å². The van der Waals surface area contributed by atoms with Crippen LogP contribution in [0.4, 0.5) is 0 Å². The normalized spacial score (nSPS) is 16.4. The van der Waals surface area contributed by atoms with Crippen LogP contribution in [0, 0.1) is 0 Å². The zero-order valence-electron chi connectivity index (χ0n) is 15.3. The third-order valence-corrected chi connectivity index (χ3v) is 5.30. The predicted octanol–water partition coefficient (Wildman–Crippen LogP) is 3.33. The number of nitrogens with zero attached hydrogens (tertiary/aromatic N) is 2. The van der Waals surface area contributed by atoms with Crippen LogP contribution in [0.1, 0.15) is 22.0 Å². The molecular weight excluding hydrogens is 336 g/mol. The van der Waals surface area contributed by atoms with Crippen molar-refractivity contribution >= 4 is 16.7 Å². The molecule has 1 unspecified atom stereocenters. The summed E-state index contributed by atoms with van der Waals surface area (Å²) < 4.78 is 0. The molecule has 1 N–H and O–H groups in total. The van der Waals surface area contributed by atoms with E-state index in [-0.39, 0.29) is 5.91 Å². The number of carbonyl (C=O) groups is 1. The topological polar surface area (TPSA) is 43.8 Å². The van der Waals surface area contributed by atoms with E-state index in [0.717, 1.165) is 35.0 Å². The van der Waals surface area contributed by atoms with Gasteiger partial charge in [-0.3, -0.25) is 9.69 Å². The molecule has 4 rings (SSSR count). The first-order valence-corrected chi connectivity index (χ1v) is 9.45. The first-order chi connectivity index (χ1) is 13.2. The van der Waals surface area contributed by atoms with Crippen molar-refractivity contribution in [2.75, 3.05) is 32.7 Å². The Labute approximate surface area is 159 Å². The van der Waals surface area contributed by atoms with Gasteiger partial charge >= 0.3 is 0 Å². The lowest BCUT2D eigenvalue weighted by molar-refractivity contribution is 0.0529. The second-order valence-electron chi connectivity index (χ2n) is 7.05. The minimum Gasteiger partial charge on any atom is -0.387 e. The maximum Gasteiger partial charge on any atom is 0.254 e. The summed E-state index contributed by atoms with van der Waals surface area (Å²) in [5.74, 6) is 0.0926. The molecule has 4 heteroatoms. The Morgan fingerprint density at radius 1 is 0.852 bits per heavy atom. The van der Waals surface area contributed by atoms with Crippen molar-refractivity contribution in [2.45, 2.75) is 6.10 Å². The van der Waals surface area contributed by atoms with Crippen LogP contribution >= 0.6 is 0 Å². The first kappa shape index (κ1) is 17.7. The van der Waals surface area contributed by atoms with Crippen molar-refractivity contribution in [1.29, 1.82) is 0 Å². The Bertz CT molecular complexity index is 913. The second kappa shape index (κ2) is 7.91. The van der Waals surface area contributed by atoms with Gasteiger partial charge in [-0.25, -0.2) is 0 Å². The molecule has 1 atom stereocenters. The molecule has 1 fully saturated rings. The average molecular weight is 360 g/mol. The van der Waals surface area contributed by atoms with E-state index in [0.29, 0.717) is 19.6 Å². The van der Waals surface area contributed by atoms with Crippen LogP contribution < -0.4 is 0 Å². The monoisotopic (exact) mass is 360 g/mol. The standard InChI is InChI=1S/C23H24N2O2/c26-22(19-8-2-1-3-9-19)17-24-13-15-25(16-14-24)23(27)21-12-6-10-18-7-4-5-11-20(18)21/h1-12,22,26H,13-17H2. The molecule has 1 aliphatic heterocycles. The molecule has 0 bridgehead atoms. The van der Waals surface area contributed by atoms with Gasteiger partial charge in [-0.1, -0.05) is 66.7 Å². The van der Waals surface area contributed by atoms with Crippen LogP contribution in [0.15, 0.2) is 72.8 Å². The zero-order chi connectivity index (χ0) is 18.6. The molecular formula is C23H24N2O2. The Balaban J connectivity index is 1.39. The van der Waals surface area contributed by atoms with Gasteiger partial charge in [0.15, 0.2) is 0 Å². The number of hydrogen-bond acceptors (Lipinski definition) is 3. The Hall–Kier alpha value is -2.69. The number of amides is 1. The van der Waals surface area contributed by atoms with Crippen molar-refractivity contribution < 1.29 is 9.90 Å². The van der Waals surface area contributed by atoms with E-state index < -0.39 is 6.10 Å². The third kappa shape index (κ3) is 3.87. The summed E-state index contributed by atoms with van der Waals surface area (Å²) in [5, 5.41) is 12.5. The number of piperazine rings is 1.